The number of amides is 1. The molecule has 0 unspecified atom stereocenters. The van der Waals surface area contributed by atoms with Gasteiger partial charge in [0.15, 0.2) is 0 Å². The molecule has 2 fully saturated rings. The minimum atomic E-state index is -3.47. The summed E-state index contributed by atoms with van der Waals surface area (Å²) in [6.45, 7) is 2.68. The Labute approximate surface area is 138 Å². The molecule has 3 rings (SSSR count). The standard InChI is InChI=1S/C17H24N2O3S/c20-17(18-10-3-1-2-4-11-18)15-8-7-9-16(14-15)23(21,22)19-12-5-6-13-19/h7-9,14H,1-6,10-13H2. The third kappa shape index (κ3) is 3.58. The van der Waals surface area contributed by atoms with E-state index in [-0.39, 0.29) is 10.8 Å². The number of rotatable bonds is 3. The first-order valence-corrected chi connectivity index (χ1v) is 9.92. The average Bonchev–Trinajstić information content (AvgIpc) is 2.98. The van der Waals surface area contributed by atoms with E-state index in [4.69, 9.17) is 0 Å². The maximum absolute atomic E-state index is 12.7. The second-order valence-corrected chi connectivity index (χ2v) is 8.28. The van der Waals surface area contributed by atoms with Gasteiger partial charge in [-0.05, 0) is 43.9 Å². The third-order valence-electron chi connectivity index (χ3n) is 4.68. The van der Waals surface area contributed by atoms with Crippen LogP contribution in [0.4, 0.5) is 0 Å². The van der Waals surface area contributed by atoms with E-state index in [1.165, 1.54) is 4.31 Å². The SMILES string of the molecule is O=C(c1cccc(S(=O)(=O)N2CCCC2)c1)N1CCCCCC1. The summed E-state index contributed by atoms with van der Waals surface area (Å²) in [6.07, 6.45) is 6.19. The molecule has 0 saturated carbocycles. The van der Waals surface area contributed by atoms with Crippen LogP contribution in [0.3, 0.4) is 0 Å². The van der Waals surface area contributed by atoms with E-state index < -0.39 is 10.0 Å². The summed E-state index contributed by atoms with van der Waals surface area (Å²) in [6, 6.07) is 6.53. The smallest absolute Gasteiger partial charge is 0.253 e. The quantitative estimate of drug-likeness (QED) is 0.852. The van der Waals surface area contributed by atoms with Crippen LogP contribution in [-0.4, -0.2) is 49.7 Å². The molecule has 2 aliphatic heterocycles. The molecule has 0 spiro atoms. The molecule has 2 heterocycles. The van der Waals surface area contributed by atoms with Gasteiger partial charge in [-0.15, -0.1) is 0 Å². The van der Waals surface area contributed by atoms with E-state index in [1.54, 1.807) is 24.3 Å². The molecule has 0 N–H and O–H groups in total. The highest BCUT2D eigenvalue weighted by molar-refractivity contribution is 7.89. The third-order valence-corrected chi connectivity index (χ3v) is 6.57. The summed E-state index contributed by atoms with van der Waals surface area (Å²) in [7, 11) is -3.47. The van der Waals surface area contributed by atoms with Crippen LogP contribution in [0.2, 0.25) is 0 Å². The Morgan fingerprint density at radius 1 is 0.870 bits per heavy atom. The number of sulfonamides is 1. The van der Waals surface area contributed by atoms with E-state index in [0.29, 0.717) is 18.7 Å². The number of carbonyl (C=O) groups is 1. The van der Waals surface area contributed by atoms with Gasteiger partial charge < -0.3 is 4.90 Å². The molecule has 5 nitrogen and oxygen atoms in total. The molecule has 2 saturated heterocycles. The Balaban J connectivity index is 1.83. The zero-order valence-electron chi connectivity index (χ0n) is 13.4. The highest BCUT2D eigenvalue weighted by Crippen LogP contribution is 2.22. The van der Waals surface area contributed by atoms with Crippen LogP contribution < -0.4 is 0 Å². The fourth-order valence-electron chi connectivity index (χ4n) is 3.32. The van der Waals surface area contributed by atoms with E-state index >= 15 is 0 Å². The first-order valence-electron chi connectivity index (χ1n) is 8.48. The maximum atomic E-state index is 12.7. The molecule has 0 atom stereocenters. The fraction of sp³-hybridized carbons (Fsp3) is 0.588. The molecule has 0 aliphatic carbocycles. The van der Waals surface area contributed by atoms with Crippen molar-refractivity contribution >= 4 is 15.9 Å². The second kappa shape index (κ2) is 7.01. The van der Waals surface area contributed by atoms with Crippen molar-refractivity contribution < 1.29 is 13.2 Å². The van der Waals surface area contributed by atoms with Crippen molar-refractivity contribution in [2.45, 2.75) is 43.4 Å². The normalized spacial score (nSPS) is 20.4. The molecule has 1 aromatic carbocycles. The highest BCUT2D eigenvalue weighted by Gasteiger charge is 2.28. The van der Waals surface area contributed by atoms with Crippen molar-refractivity contribution in [1.29, 1.82) is 0 Å². The minimum absolute atomic E-state index is 0.0506. The van der Waals surface area contributed by atoms with Crippen molar-refractivity contribution in [3.05, 3.63) is 29.8 Å². The van der Waals surface area contributed by atoms with Gasteiger partial charge in [0.1, 0.15) is 0 Å². The Hall–Kier alpha value is -1.40. The fourth-order valence-corrected chi connectivity index (χ4v) is 4.89. The van der Waals surface area contributed by atoms with Crippen LogP contribution in [-0.2, 0) is 10.0 Å². The van der Waals surface area contributed by atoms with Gasteiger partial charge in [0.05, 0.1) is 4.90 Å². The van der Waals surface area contributed by atoms with Gasteiger partial charge in [0.2, 0.25) is 10.0 Å². The van der Waals surface area contributed by atoms with Gasteiger partial charge in [-0.1, -0.05) is 18.9 Å². The van der Waals surface area contributed by atoms with E-state index in [9.17, 15) is 13.2 Å². The molecular weight excluding hydrogens is 312 g/mol. The lowest BCUT2D eigenvalue weighted by Gasteiger charge is -2.21. The van der Waals surface area contributed by atoms with Gasteiger partial charge >= 0.3 is 0 Å². The number of nitrogens with zero attached hydrogens (tertiary/aromatic N) is 2. The van der Waals surface area contributed by atoms with Gasteiger partial charge in [0.25, 0.3) is 5.91 Å². The molecular formula is C17H24N2O3S. The minimum Gasteiger partial charge on any atom is -0.339 e. The molecule has 0 radical (unpaired) electrons. The van der Waals surface area contributed by atoms with Gasteiger partial charge in [-0.25, -0.2) is 8.42 Å². The van der Waals surface area contributed by atoms with Crippen LogP contribution in [0.1, 0.15) is 48.9 Å². The molecule has 6 heteroatoms. The predicted octanol–water partition coefficient (Wildman–Crippen LogP) is 2.49. The number of hydrogen-bond donors (Lipinski definition) is 0. The molecule has 0 aromatic heterocycles. The largest absolute Gasteiger partial charge is 0.339 e. The Morgan fingerprint density at radius 3 is 2.13 bits per heavy atom. The summed E-state index contributed by atoms with van der Waals surface area (Å²) in [5.74, 6) is -0.0506. The van der Waals surface area contributed by atoms with E-state index in [0.717, 1.165) is 51.6 Å². The van der Waals surface area contributed by atoms with Crippen molar-refractivity contribution in [3.63, 3.8) is 0 Å². The molecule has 1 amide bonds. The van der Waals surface area contributed by atoms with Crippen LogP contribution >= 0.6 is 0 Å². The van der Waals surface area contributed by atoms with Crippen molar-refractivity contribution in [2.75, 3.05) is 26.2 Å². The van der Waals surface area contributed by atoms with Crippen LogP contribution in [0.25, 0.3) is 0 Å². The second-order valence-electron chi connectivity index (χ2n) is 6.35. The summed E-state index contributed by atoms with van der Waals surface area (Å²) < 4.78 is 26.8. The van der Waals surface area contributed by atoms with Crippen molar-refractivity contribution in [3.8, 4) is 0 Å². The van der Waals surface area contributed by atoms with Crippen LogP contribution in [0.5, 0.6) is 0 Å². The topological polar surface area (TPSA) is 57.7 Å². The first-order chi connectivity index (χ1) is 11.1. The Bertz CT molecular complexity index is 658. The monoisotopic (exact) mass is 336 g/mol. The highest BCUT2D eigenvalue weighted by atomic mass is 32.2. The maximum Gasteiger partial charge on any atom is 0.253 e. The Morgan fingerprint density at radius 2 is 1.48 bits per heavy atom. The summed E-state index contributed by atoms with van der Waals surface area (Å²) in [4.78, 5) is 14.8. The zero-order valence-corrected chi connectivity index (χ0v) is 14.2. The summed E-state index contributed by atoms with van der Waals surface area (Å²) in [5, 5.41) is 0. The van der Waals surface area contributed by atoms with Crippen molar-refractivity contribution in [1.82, 2.24) is 9.21 Å². The first kappa shape index (κ1) is 16.5. The number of hydrogen-bond acceptors (Lipinski definition) is 3. The van der Waals surface area contributed by atoms with E-state index in [2.05, 4.69) is 0 Å². The van der Waals surface area contributed by atoms with Crippen LogP contribution in [0, 0.1) is 0 Å². The number of benzene rings is 1. The Kier molecular flexibility index (Phi) is 5.02. The lowest BCUT2D eigenvalue weighted by molar-refractivity contribution is 0.0761. The molecule has 2 aliphatic rings. The van der Waals surface area contributed by atoms with Crippen molar-refractivity contribution in [2.24, 2.45) is 0 Å². The van der Waals surface area contributed by atoms with Gasteiger partial charge in [0, 0.05) is 31.7 Å². The van der Waals surface area contributed by atoms with Gasteiger partial charge in [-0.3, -0.25) is 4.79 Å². The lowest BCUT2D eigenvalue weighted by Crippen LogP contribution is -2.32. The summed E-state index contributed by atoms with van der Waals surface area (Å²) >= 11 is 0. The zero-order chi connectivity index (χ0) is 16.3. The lowest BCUT2D eigenvalue weighted by atomic mass is 10.2. The van der Waals surface area contributed by atoms with Gasteiger partial charge in [-0.2, -0.15) is 4.31 Å². The average molecular weight is 336 g/mol. The predicted molar refractivity (Wildman–Crippen MR) is 88.8 cm³/mol. The molecule has 0 bridgehead atoms. The van der Waals surface area contributed by atoms with Crippen LogP contribution in [0.15, 0.2) is 29.2 Å². The number of likely N-dealkylation sites (tertiary alicyclic amines) is 1. The molecule has 23 heavy (non-hydrogen) atoms. The summed E-state index contributed by atoms with van der Waals surface area (Å²) in [5.41, 5.74) is 0.479. The number of carbonyl (C=O) groups excluding carboxylic acids is 1. The van der Waals surface area contributed by atoms with E-state index in [1.807, 2.05) is 4.90 Å². The molecule has 1 aromatic rings. The molecule has 126 valence electrons.